The first-order valence-electron chi connectivity index (χ1n) is 5.32. The molecule has 0 unspecified atom stereocenters. The number of imide groups is 1. The van der Waals surface area contributed by atoms with Crippen molar-refractivity contribution in [3.63, 3.8) is 0 Å². The Morgan fingerprint density at radius 3 is 2.65 bits per heavy atom. The van der Waals surface area contributed by atoms with Crippen molar-refractivity contribution in [1.82, 2.24) is 15.2 Å². The van der Waals surface area contributed by atoms with E-state index in [2.05, 4.69) is 10.3 Å². The fourth-order valence-electron chi connectivity index (χ4n) is 2.15. The minimum absolute atomic E-state index is 0.288. The average Bonchev–Trinajstić information content (AvgIpc) is 2.81. The molecule has 0 aliphatic carbocycles. The predicted molar refractivity (Wildman–Crippen MR) is 62.3 cm³/mol. The van der Waals surface area contributed by atoms with E-state index in [1.54, 1.807) is 7.05 Å². The van der Waals surface area contributed by atoms with Gasteiger partial charge in [-0.15, -0.1) is 0 Å². The summed E-state index contributed by atoms with van der Waals surface area (Å²) in [6.45, 7) is 0. The lowest BCUT2D eigenvalue weighted by atomic mass is 10.2. The fourth-order valence-corrected chi connectivity index (χ4v) is 2.15. The molecule has 2 N–H and O–H groups in total. The molecule has 86 valence electrons. The van der Waals surface area contributed by atoms with Crippen LogP contribution in [0.5, 0.6) is 0 Å². The topological polar surface area (TPSA) is 65.2 Å². The molecule has 5 heteroatoms. The maximum Gasteiger partial charge on any atom is 0.324 e. The largest absolute Gasteiger partial charge is 0.356 e. The molecule has 1 aliphatic rings. The van der Waals surface area contributed by atoms with E-state index in [0.29, 0.717) is 0 Å². The number of hydrogen-bond donors (Lipinski definition) is 2. The number of urea groups is 1. The molecule has 0 radical (unpaired) electrons. The number of nitrogens with one attached hydrogen (secondary N) is 2. The van der Waals surface area contributed by atoms with E-state index in [-0.39, 0.29) is 11.9 Å². The number of carbonyl (C=O) groups is 2. The number of amides is 3. The Kier molecular flexibility index (Phi) is 1.95. The van der Waals surface area contributed by atoms with Gasteiger partial charge >= 0.3 is 6.03 Å². The van der Waals surface area contributed by atoms with Crippen molar-refractivity contribution >= 4 is 22.8 Å². The summed E-state index contributed by atoms with van der Waals surface area (Å²) in [7, 11) is 1.61. The smallest absolute Gasteiger partial charge is 0.324 e. The molecular formula is C12H11N3O2. The molecule has 0 saturated carbocycles. The van der Waals surface area contributed by atoms with Crippen molar-refractivity contribution in [3.8, 4) is 0 Å². The second-order valence-corrected chi connectivity index (χ2v) is 4.12. The van der Waals surface area contributed by atoms with Crippen LogP contribution in [0.3, 0.4) is 0 Å². The van der Waals surface area contributed by atoms with E-state index >= 15 is 0 Å². The Labute approximate surface area is 97.4 Å². The van der Waals surface area contributed by atoms with Crippen LogP contribution in [0.4, 0.5) is 4.79 Å². The standard InChI is InChI=1S/C12H11N3O2/c1-15-10(11(16)14-12(15)17)9-6-7-4-2-3-5-8(7)13-9/h2-6,10,13H,1H3,(H,14,16,17)/t10-/m0/s1. The van der Waals surface area contributed by atoms with E-state index < -0.39 is 6.04 Å². The lowest BCUT2D eigenvalue weighted by molar-refractivity contribution is -0.121. The molecule has 1 fully saturated rings. The number of benzene rings is 1. The molecule has 2 heterocycles. The number of aromatic nitrogens is 1. The van der Waals surface area contributed by atoms with E-state index in [1.165, 1.54) is 4.90 Å². The number of nitrogens with zero attached hydrogens (tertiary/aromatic N) is 1. The Morgan fingerprint density at radius 2 is 2.00 bits per heavy atom. The molecule has 0 bridgehead atoms. The highest BCUT2D eigenvalue weighted by Gasteiger charge is 2.37. The van der Waals surface area contributed by atoms with Crippen LogP contribution in [-0.2, 0) is 4.79 Å². The van der Waals surface area contributed by atoms with Crippen molar-refractivity contribution in [2.45, 2.75) is 6.04 Å². The first kappa shape index (κ1) is 9.89. The second-order valence-electron chi connectivity index (χ2n) is 4.12. The van der Waals surface area contributed by atoms with E-state index in [1.807, 2.05) is 30.3 Å². The molecule has 1 aliphatic heterocycles. The number of para-hydroxylation sites is 1. The summed E-state index contributed by atoms with van der Waals surface area (Å²) in [6, 6.07) is 8.73. The minimum atomic E-state index is -0.560. The van der Waals surface area contributed by atoms with Gasteiger partial charge in [-0.1, -0.05) is 18.2 Å². The third-order valence-electron chi connectivity index (χ3n) is 3.03. The van der Waals surface area contributed by atoms with Gasteiger partial charge in [-0.25, -0.2) is 4.79 Å². The van der Waals surface area contributed by atoms with Crippen molar-refractivity contribution in [2.24, 2.45) is 0 Å². The summed E-state index contributed by atoms with van der Waals surface area (Å²) in [6.07, 6.45) is 0. The van der Waals surface area contributed by atoms with Crippen molar-refractivity contribution < 1.29 is 9.59 Å². The van der Waals surface area contributed by atoms with Crippen LogP contribution in [-0.4, -0.2) is 28.9 Å². The van der Waals surface area contributed by atoms with Gasteiger partial charge in [-0.2, -0.15) is 0 Å². The zero-order valence-electron chi connectivity index (χ0n) is 9.23. The molecule has 0 spiro atoms. The van der Waals surface area contributed by atoms with Crippen LogP contribution >= 0.6 is 0 Å². The van der Waals surface area contributed by atoms with Gasteiger partial charge < -0.3 is 9.88 Å². The van der Waals surface area contributed by atoms with Gasteiger partial charge in [0, 0.05) is 18.3 Å². The number of rotatable bonds is 1. The first-order valence-corrected chi connectivity index (χ1v) is 5.32. The lowest BCUT2D eigenvalue weighted by Gasteiger charge is -2.14. The highest BCUT2D eigenvalue weighted by molar-refractivity contribution is 6.04. The summed E-state index contributed by atoms with van der Waals surface area (Å²) in [5.74, 6) is -0.288. The SMILES string of the molecule is CN1C(=O)NC(=O)[C@@H]1c1cc2ccccc2[nH]1. The summed E-state index contributed by atoms with van der Waals surface area (Å²) >= 11 is 0. The Bertz CT molecular complexity index is 584. The molecule has 2 aromatic rings. The van der Waals surface area contributed by atoms with Crippen molar-refractivity contribution in [1.29, 1.82) is 0 Å². The third kappa shape index (κ3) is 1.39. The van der Waals surface area contributed by atoms with E-state index in [4.69, 9.17) is 0 Å². The number of aromatic amines is 1. The normalized spacial score (nSPS) is 20.1. The molecule has 1 aromatic heterocycles. The van der Waals surface area contributed by atoms with Gasteiger partial charge in [0.1, 0.15) is 0 Å². The summed E-state index contributed by atoms with van der Waals surface area (Å²) < 4.78 is 0. The molecule has 1 aromatic carbocycles. The van der Waals surface area contributed by atoms with Crippen LogP contribution in [0, 0.1) is 0 Å². The number of H-pyrrole nitrogens is 1. The maximum absolute atomic E-state index is 11.7. The Hall–Kier alpha value is -2.30. The summed E-state index contributed by atoms with van der Waals surface area (Å²) in [4.78, 5) is 27.6. The summed E-state index contributed by atoms with van der Waals surface area (Å²) in [5.41, 5.74) is 1.69. The van der Waals surface area contributed by atoms with E-state index in [0.717, 1.165) is 16.6 Å². The van der Waals surface area contributed by atoms with Gasteiger partial charge in [0.25, 0.3) is 5.91 Å². The fraction of sp³-hybridized carbons (Fsp3) is 0.167. The van der Waals surface area contributed by atoms with Crippen LogP contribution < -0.4 is 5.32 Å². The van der Waals surface area contributed by atoms with Crippen molar-refractivity contribution in [2.75, 3.05) is 7.05 Å². The number of carbonyl (C=O) groups excluding carboxylic acids is 2. The maximum atomic E-state index is 11.7. The highest BCUT2D eigenvalue weighted by Crippen LogP contribution is 2.26. The number of likely N-dealkylation sites (N-methyl/N-ethyl adjacent to an activating group) is 1. The second kappa shape index (κ2) is 3.35. The zero-order valence-corrected chi connectivity index (χ0v) is 9.23. The minimum Gasteiger partial charge on any atom is -0.356 e. The summed E-state index contributed by atoms with van der Waals surface area (Å²) in [5, 5.41) is 3.32. The van der Waals surface area contributed by atoms with Gasteiger partial charge in [0.15, 0.2) is 6.04 Å². The quantitative estimate of drug-likeness (QED) is 0.726. The molecule has 5 nitrogen and oxygen atoms in total. The van der Waals surface area contributed by atoms with Crippen molar-refractivity contribution in [3.05, 3.63) is 36.0 Å². The first-order chi connectivity index (χ1) is 8.16. The predicted octanol–water partition coefficient (Wildman–Crippen LogP) is 1.39. The van der Waals surface area contributed by atoms with Crippen LogP contribution in [0.25, 0.3) is 10.9 Å². The Balaban J connectivity index is 2.09. The highest BCUT2D eigenvalue weighted by atomic mass is 16.2. The molecule has 3 rings (SSSR count). The van der Waals surface area contributed by atoms with Gasteiger partial charge in [-0.05, 0) is 17.5 Å². The van der Waals surface area contributed by atoms with Gasteiger partial charge in [0.05, 0.1) is 0 Å². The lowest BCUT2D eigenvalue weighted by Crippen LogP contribution is -2.25. The van der Waals surface area contributed by atoms with E-state index in [9.17, 15) is 9.59 Å². The van der Waals surface area contributed by atoms with Crippen LogP contribution in [0.15, 0.2) is 30.3 Å². The monoisotopic (exact) mass is 229 g/mol. The van der Waals surface area contributed by atoms with Gasteiger partial charge in [-0.3, -0.25) is 10.1 Å². The molecular weight excluding hydrogens is 218 g/mol. The molecule has 17 heavy (non-hydrogen) atoms. The molecule has 3 amide bonds. The third-order valence-corrected chi connectivity index (χ3v) is 3.03. The average molecular weight is 229 g/mol. The zero-order chi connectivity index (χ0) is 12.0. The number of hydrogen-bond acceptors (Lipinski definition) is 2. The van der Waals surface area contributed by atoms with Crippen LogP contribution in [0.2, 0.25) is 0 Å². The number of fused-ring (bicyclic) bond motifs is 1. The van der Waals surface area contributed by atoms with Crippen LogP contribution in [0.1, 0.15) is 11.7 Å². The molecule has 1 saturated heterocycles. The molecule has 1 atom stereocenters. The van der Waals surface area contributed by atoms with Gasteiger partial charge in [0.2, 0.25) is 0 Å². The Morgan fingerprint density at radius 1 is 1.24 bits per heavy atom.